The van der Waals surface area contributed by atoms with E-state index in [0.29, 0.717) is 6.54 Å². The number of halogens is 3. The first-order valence-corrected chi connectivity index (χ1v) is 5.92. The van der Waals surface area contributed by atoms with Crippen LogP contribution in [0, 0.1) is 0 Å². The van der Waals surface area contributed by atoms with Crippen molar-refractivity contribution in [1.82, 2.24) is 5.32 Å². The van der Waals surface area contributed by atoms with Gasteiger partial charge in [0.25, 0.3) is 0 Å². The highest BCUT2D eigenvalue weighted by Gasteiger charge is 2.29. The zero-order chi connectivity index (χ0) is 13.9. The van der Waals surface area contributed by atoms with Crippen LogP contribution in [-0.2, 0) is 12.7 Å². The van der Waals surface area contributed by atoms with Crippen molar-refractivity contribution < 1.29 is 13.2 Å². The zero-order valence-electron chi connectivity index (χ0n) is 10.5. The van der Waals surface area contributed by atoms with E-state index in [1.807, 2.05) is 31.3 Å². The van der Waals surface area contributed by atoms with Crippen molar-refractivity contribution in [2.24, 2.45) is 0 Å². The van der Waals surface area contributed by atoms with Gasteiger partial charge in [0.2, 0.25) is 0 Å². The fourth-order valence-corrected chi connectivity index (χ4v) is 1.99. The second-order valence-corrected chi connectivity index (χ2v) is 4.26. The second-order valence-electron chi connectivity index (χ2n) is 4.26. The molecule has 1 nitrogen and oxygen atoms in total. The Morgan fingerprint density at radius 1 is 0.947 bits per heavy atom. The maximum absolute atomic E-state index is 12.5. The van der Waals surface area contributed by atoms with Gasteiger partial charge in [-0.2, -0.15) is 13.2 Å². The molecule has 0 amide bonds. The van der Waals surface area contributed by atoms with Gasteiger partial charge in [0.1, 0.15) is 0 Å². The van der Waals surface area contributed by atoms with E-state index in [1.165, 1.54) is 12.1 Å². The Morgan fingerprint density at radius 2 is 1.58 bits per heavy atom. The quantitative estimate of drug-likeness (QED) is 0.881. The lowest BCUT2D eigenvalue weighted by atomic mass is 9.98. The van der Waals surface area contributed by atoms with Crippen molar-refractivity contribution in [2.75, 3.05) is 7.05 Å². The van der Waals surface area contributed by atoms with E-state index < -0.39 is 11.7 Å². The van der Waals surface area contributed by atoms with E-state index >= 15 is 0 Å². The number of rotatable bonds is 3. The Labute approximate surface area is 110 Å². The van der Waals surface area contributed by atoms with Gasteiger partial charge in [-0.25, -0.2) is 0 Å². The van der Waals surface area contributed by atoms with Gasteiger partial charge >= 0.3 is 6.18 Å². The average Bonchev–Trinajstić information content (AvgIpc) is 2.39. The van der Waals surface area contributed by atoms with Crippen LogP contribution in [0.5, 0.6) is 0 Å². The van der Waals surface area contributed by atoms with E-state index in [4.69, 9.17) is 0 Å². The summed E-state index contributed by atoms with van der Waals surface area (Å²) in [6.07, 6.45) is -4.29. The van der Waals surface area contributed by atoms with Crippen molar-refractivity contribution in [2.45, 2.75) is 12.7 Å². The number of alkyl halides is 3. The minimum atomic E-state index is -4.29. The van der Waals surface area contributed by atoms with Crippen LogP contribution in [0.25, 0.3) is 11.1 Å². The van der Waals surface area contributed by atoms with E-state index in [1.54, 1.807) is 0 Å². The lowest BCUT2D eigenvalue weighted by Gasteiger charge is -2.11. The Balaban J connectivity index is 2.37. The minimum absolute atomic E-state index is 0.623. The predicted molar refractivity (Wildman–Crippen MR) is 69.6 cm³/mol. The van der Waals surface area contributed by atoms with Crippen LogP contribution in [0.1, 0.15) is 11.1 Å². The van der Waals surface area contributed by atoms with Gasteiger partial charge < -0.3 is 5.32 Å². The van der Waals surface area contributed by atoms with Crippen LogP contribution in [-0.4, -0.2) is 7.05 Å². The summed E-state index contributed by atoms with van der Waals surface area (Å²) in [6.45, 7) is 0.678. The number of benzene rings is 2. The van der Waals surface area contributed by atoms with Crippen LogP contribution < -0.4 is 5.32 Å². The smallest absolute Gasteiger partial charge is 0.316 e. The lowest BCUT2D eigenvalue weighted by Crippen LogP contribution is -2.06. The van der Waals surface area contributed by atoms with Gasteiger partial charge in [-0.1, -0.05) is 36.4 Å². The third kappa shape index (κ3) is 3.15. The highest BCUT2D eigenvalue weighted by molar-refractivity contribution is 5.67. The molecule has 0 aliphatic rings. The zero-order valence-corrected chi connectivity index (χ0v) is 10.5. The molecule has 0 spiro atoms. The van der Waals surface area contributed by atoms with E-state index in [9.17, 15) is 13.2 Å². The summed E-state index contributed by atoms with van der Waals surface area (Å²) in [5, 5.41) is 3.05. The van der Waals surface area contributed by atoms with Gasteiger partial charge in [0, 0.05) is 6.54 Å². The molecule has 0 radical (unpaired) electrons. The Bertz CT molecular complexity index is 544. The molecule has 0 aliphatic carbocycles. The fourth-order valence-electron chi connectivity index (χ4n) is 1.99. The van der Waals surface area contributed by atoms with Crippen LogP contribution in [0.15, 0.2) is 48.5 Å². The van der Waals surface area contributed by atoms with Crippen LogP contribution in [0.3, 0.4) is 0 Å². The molecule has 0 unspecified atom stereocenters. The molecule has 2 rings (SSSR count). The third-order valence-corrected chi connectivity index (χ3v) is 2.91. The normalized spacial score (nSPS) is 11.6. The van der Waals surface area contributed by atoms with Crippen molar-refractivity contribution in [3.8, 4) is 11.1 Å². The molecule has 0 saturated carbocycles. The van der Waals surface area contributed by atoms with Crippen LogP contribution in [0.2, 0.25) is 0 Å². The molecule has 100 valence electrons. The third-order valence-electron chi connectivity index (χ3n) is 2.91. The first-order valence-electron chi connectivity index (χ1n) is 5.92. The number of hydrogen-bond acceptors (Lipinski definition) is 1. The molecule has 0 aliphatic heterocycles. The van der Waals surface area contributed by atoms with Gasteiger partial charge in [-0.05, 0) is 35.9 Å². The molecule has 4 heteroatoms. The molecule has 0 heterocycles. The second kappa shape index (κ2) is 5.45. The summed E-state index contributed by atoms with van der Waals surface area (Å²) >= 11 is 0. The average molecular weight is 265 g/mol. The summed E-state index contributed by atoms with van der Waals surface area (Å²) in [6, 6.07) is 12.9. The summed E-state index contributed by atoms with van der Waals surface area (Å²) in [5.74, 6) is 0. The lowest BCUT2D eigenvalue weighted by molar-refractivity contribution is -0.137. The van der Waals surface area contributed by atoms with Crippen molar-refractivity contribution in [3.63, 3.8) is 0 Å². The topological polar surface area (TPSA) is 12.0 Å². The van der Waals surface area contributed by atoms with Gasteiger partial charge in [-0.3, -0.25) is 0 Å². The predicted octanol–water partition coefficient (Wildman–Crippen LogP) is 4.09. The highest BCUT2D eigenvalue weighted by Crippen LogP contribution is 2.31. The SMILES string of the molecule is CNCc1ccccc1-c1ccc(C(F)(F)F)cc1. The summed E-state index contributed by atoms with van der Waals surface area (Å²) in [4.78, 5) is 0. The first-order chi connectivity index (χ1) is 9.02. The van der Waals surface area contributed by atoms with E-state index in [0.717, 1.165) is 28.8 Å². The summed E-state index contributed by atoms with van der Waals surface area (Å²) < 4.78 is 37.5. The Hall–Kier alpha value is -1.81. The summed E-state index contributed by atoms with van der Waals surface area (Å²) in [5.41, 5.74) is 2.18. The molecule has 2 aromatic carbocycles. The molecule has 0 bridgehead atoms. The van der Waals surface area contributed by atoms with Crippen LogP contribution in [0.4, 0.5) is 13.2 Å². The highest BCUT2D eigenvalue weighted by atomic mass is 19.4. The molecular weight excluding hydrogens is 251 g/mol. The molecule has 0 saturated heterocycles. The van der Waals surface area contributed by atoms with Gasteiger partial charge in [-0.15, -0.1) is 0 Å². The summed E-state index contributed by atoms with van der Waals surface area (Å²) in [7, 11) is 1.84. The maximum atomic E-state index is 12.5. The Morgan fingerprint density at radius 3 is 2.16 bits per heavy atom. The fraction of sp³-hybridized carbons (Fsp3) is 0.200. The molecular formula is C15H14F3N. The van der Waals surface area contributed by atoms with Gasteiger partial charge in [0.15, 0.2) is 0 Å². The van der Waals surface area contributed by atoms with Crippen LogP contribution >= 0.6 is 0 Å². The van der Waals surface area contributed by atoms with Crippen molar-refractivity contribution >= 4 is 0 Å². The van der Waals surface area contributed by atoms with Crippen molar-refractivity contribution in [1.29, 1.82) is 0 Å². The Kier molecular flexibility index (Phi) is 3.90. The molecule has 19 heavy (non-hydrogen) atoms. The van der Waals surface area contributed by atoms with E-state index in [2.05, 4.69) is 5.32 Å². The standard InChI is InChI=1S/C15H14F3N/c1-19-10-12-4-2-3-5-14(12)11-6-8-13(9-7-11)15(16,17)18/h2-9,19H,10H2,1H3. The first kappa shape index (κ1) is 13.6. The molecule has 0 atom stereocenters. The number of nitrogens with one attached hydrogen (secondary N) is 1. The monoisotopic (exact) mass is 265 g/mol. The van der Waals surface area contributed by atoms with Gasteiger partial charge in [0.05, 0.1) is 5.56 Å². The minimum Gasteiger partial charge on any atom is -0.316 e. The maximum Gasteiger partial charge on any atom is 0.416 e. The van der Waals surface area contributed by atoms with Crippen molar-refractivity contribution in [3.05, 3.63) is 59.7 Å². The number of hydrogen-bond donors (Lipinski definition) is 1. The molecule has 0 aromatic heterocycles. The largest absolute Gasteiger partial charge is 0.416 e. The molecule has 1 N–H and O–H groups in total. The molecule has 0 fully saturated rings. The van der Waals surface area contributed by atoms with E-state index in [-0.39, 0.29) is 0 Å². The molecule has 2 aromatic rings.